The van der Waals surface area contributed by atoms with Gasteiger partial charge in [-0.15, -0.1) is 0 Å². The Bertz CT molecular complexity index is 817. The highest BCUT2D eigenvalue weighted by Crippen LogP contribution is 2.32. The monoisotopic (exact) mass is 348 g/mol. The molecule has 0 aliphatic carbocycles. The number of ether oxygens (including phenoxy) is 1. The molecule has 0 radical (unpaired) electrons. The van der Waals surface area contributed by atoms with Gasteiger partial charge in [0.2, 0.25) is 5.91 Å². The SMILES string of the molecule is CNC(=O)CN(c1ccccc1OC)S(=O)(=O)c1ccc(C)cc1. The van der Waals surface area contributed by atoms with Crippen molar-refractivity contribution in [3.63, 3.8) is 0 Å². The van der Waals surface area contributed by atoms with Crippen molar-refractivity contribution in [3.8, 4) is 5.75 Å². The number of anilines is 1. The number of carbonyl (C=O) groups excluding carboxylic acids is 1. The number of methoxy groups -OCH3 is 1. The van der Waals surface area contributed by atoms with E-state index in [9.17, 15) is 13.2 Å². The van der Waals surface area contributed by atoms with E-state index >= 15 is 0 Å². The van der Waals surface area contributed by atoms with Crippen molar-refractivity contribution in [1.82, 2.24) is 5.32 Å². The Labute approximate surface area is 142 Å². The summed E-state index contributed by atoms with van der Waals surface area (Å²) in [7, 11) is -1.00. The maximum absolute atomic E-state index is 13.1. The summed E-state index contributed by atoms with van der Waals surface area (Å²) in [6.07, 6.45) is 0. The Morgan fingerprint density at radius 1 is 1.12 bits per heavy atom. The summed E-state index contributed by atoms with van der Waals surface area (Å²) >= 11 is 0. The minimum Gasteiger partial charge on any atom is -0.495 e. The lowest BCUT2D eigenvalue weighted by Gasteiger charge is -2.25. The molecule has 1 amide bonds. The average Bonchev–Trinajstić information content (AvgIpc) is 2.59. The molecule has 2 aromatic rings. The van der Waals surface area contributed by atoms with Crippen LogP contribution >= 0.6 is 0 Å². The maximum atomic E-state index is 13.1. The lowest BCUT2D eigenvalue weighted by Crippen LogP contribution is -2.40. The second-order valence-electron chi connectivity index (χ2n) is 5.17. The van der Waals surface area contributed by atoms with Crippen LogP contribution in [0.5, 0.6) is 5.75 Å². The number of benzene rings is 2. The van der Waals surface area contributed by atoms with E-state index in [0.717, 1.165) is 9.87 Å². The van der Waals surface area contributed by atoms with Crippen molar-refractivity contribution in [2.45, 2.75) is 11.8 Å². The van der Waals surface area contributed by atoms with E-state index in [-0.39, 0.29) is 11.4 Å². The molecule has 0 fully saturated rings. The van der Waals surface area contributed by atoms with E-state index < -0.39 is 15.9 Å². The zero-order valence-electron chi connectivity index (χ0n) is 13.8. The number of rotatable bonds is 6. The summed E-state index contributed by atoms with van der Waals surface area (Å²) in [5.41, 5.74) is 1.26. The first-order chi connectivity index (χ1) is 11.4. The third-order valence-electron chi connectivity index (χ3n) is 3.53. The molecule has 0 atom stereocenters. The number of para-hydroxylation sites is 2. The minimum absolute atomic E-state index is 0.114. The van der Waals surface area contributed by atoms with Crippen LogP contribution in [0.15, 0.2) is 53.4 Å². The lowest BCUT2D eigenvalue weighted by atomic mass is 10.2. The molecule has 6 nitrogen and oxygen atoms in total. The van der Waals surface area contributed by atoms with Gasteiger partial charge in [0.25, 0.3) is 10.0 Å². The third kappa shape index (κ3) is 3.68. The van der Waals surface area contributed by atoms with E-state index in [2.05, 4.69) is 5.32 Å². The second kappa shape index (κ2) is 7.35. The summed E-state index contributed by atoms with van der Waals surface area (Å²) < 4.78 is 32.4. The number of carbonyl (C=O) groups is 1. The largest absolute Gasteiger partial charge is 0.495 e. The van der Waals surface area contributed by atoms with Gasteiger partial charge in [-0.3, -0.25) is 9.10 Å². The van der Waals surface area contributed by atoms with Gasteiger partial charge in [-0.2, -0.15) is 0 Å². The van der Waals surface area contributed by atoms with Crippen LogP contribution in [0, 0.1) is 6.92 Å². The predicted octanol–water partition coefficient (Wildman–Crippen LogP) is 1.94. The summed E-state index contributed by atoms with van der Waals surface area (Å²) in [6, 6.07) is 13.2. The van der Waals surface area contributed by atoms with Crippen LogP contribution in [-0.2, 0) is 14.8 Å². The van der Waals surface area contributed by atoms with Gasteiger partial charge in [-0.05, 0) is 31.2 Å². The van der Waals surface area contributed by atoms with Crippen molar-refractivity contribution in [1.29, 1.82) is 0 Å². The quantitative estimate of drug-likeness (QED) is 0.866. The molecule has 0 aliphatic rings. The number of sulfonamides is 1. The molecule has 0 unspecified atom stereocenters. The zero-order valence-corrected chi connectivity index (χ0v) is 14.6. The van der Waals surface area contributed by atoms with Crippen LogP contribution in [0.2, 0.25) is 0 Å². The van der Waals surface area contributed by atoms with Crippen LogP contribution < -0.4 is 14.4 Å². The smallest absolute Gasteiger partial charge is 0.264 e. The number of aryl methyl sites for hydroxylation is 1. The van der Waals surface area contributed by atoms with E-state index in [1.807, 2.05) is 6.92 Å². The molecule has 0 aliphatic heterocycles. The van der Waals surface area contributed by atoms with Crippen molar-refractivity contribution >= 4 is 21.6 Å². The highest BCUT2D eigenvalue weighted by atomic mass is 32.2. The molecule has 0 saturated heterocycles. The molecule has 0 heterocycles. The van der Waals surface area contributed by atoms with Gasteiger partial charge >= 0.3 is 0 Å². The van der Waals surface area contributed by atoms with Gasteiger partial charge in [-0.1, -0.05) is 29.8 Å². The van der Waals surface area contributed by atoms with Crippen LogP contribution in [0.3, 0.4) is 0 Å². The van der Waals surface area contributed by atoms with Crippen LogP contribution in [0.4, 0.5) is 5.69 Å². The molecule has 2 rings (SSSR count). The molecule has 128 valence electrons. The fourth-order valence-electron chi connectivity index (χ4n) is 2.18. The van der Waals surface area contributed by atoms with E-state index in [1.165, 1.54) is 26.3 Å². The second-order valence-corrected chi connectivity index (χ2v) is 7.03. The Balaban J connectivity index is 2.57. The Morgan fingerprint density at radius 2 is 1.75 bits per heavy atom. The molecule has 0 bridgehead atoms. The molecule has 0 spiro atoms. The summed E-state index contributed by atoms with van der Waals surface area (Å²) in [5, 5.41) is 2.45. The molecule has 7 heteroatoms. The highest BCUT2D eigenvalue weighted by molar-refractivity contribution is 7.92. The van der Waals surface area contributed by atoms with Crippen molar-refractivity contribution < 1.29 is 17.9 Å². The van der Waals surface area contributed by atoms with E-state index in [4.69, 9.17) is 4.74 Å². The molecule has 2 aromatic carbocycles. The van der Waals surface area contributed by atoms with E-state index in [1.54, 1.807) is 36.4 Å². The zero-order chi connectivity index (χ0) is 17.7. The summed E-state index contributed by atoms with van der Waals surface area (Å²) in [6.45, 7) is 1.53. The van der Waals surface area contributed by atoms with Gasteiger partial charge < -0.3 is 10.1 Å². The number of nitrogens with one attached hydrogen (secondary N) is 1. The number of nitrogens with zero attached hydrogens (tertiary/aromatic N) is 1. The predicted molar refractivity (Wildman–Crippen MR) is 92.8 cm³/mol. The standard InChI is InChI=1S/C17H20N2O4S/c1-13-8-10-14(11-9-13)24(21,22)19(12-17(20)18-2)15-6-4-5-7-16(15)23-3/h4-11H,12H2,1-3H3,(H,18,20). The maximum Gasteiger partial charge on any atom is 0.264 e. The van der Waals surface area contributed by atoms with Crippen LogP contribution in [-0.4, -0.2) is 35.0 Å². The van der Waals surface area contributed by atoms with Gasteiger partial charge in [0, 0.05) is 7.05 Å². The fraction of sp³-hybridized carbons (Fsp3) is 0.235. The number of hydrogen-bond acceptors (Lipinski definition) is 4. The van der Waals surface area contributed by atoms with Gasteiger partial charge in [0.15, 0.2) is 0 Å². The molecule has 0 aromatic heterocycles. The topological polar surface area (TPSA) is 75.7 Å². The number of amides is 1. The molecular formula is C17H20N2O4S. The highest BCUT2D eigenvalue weighted by Gasteiger charge is 2.28. The lowest BCUT2D eigenvalue weighted by molar-refractivity contribution is -0.119. The Kier molecular flexibility index (Phi) is 5.46. The normalized spacial score (nSPS) is 11.0. The summed E-state index contributed by atoms with van der Waals surface area (Å²) in [4.78, 5) is 12.0. The van der Waals surface area contributed by atoms with E-state index in [0.29, 0.717) is 11.4 Å². The van der Waals surface area contributed by atoms with Gasteiger partial charge in [-0.25, -0.2) is 8.42 Å². The molecular weight excluding hydrogens is 328 g/mol. The molecule has 1 N–H and O–H groups in total. The third-order valence-corrected chi connectivity index (χ3v) is 5.30. The minimum atomic E-state index is -3.92. The van der Waals surface area contributed by atoms with Crippen LogP contribution in [0.25, 0.3) is 0 Å². The van der Waals surface area contributed by atoms with Crippen molar-refractivity contribution in [2.24, 2.45) is 0 Å². The molecule has 24 heavy (non-hydrogen) atoms. The first-order valence-corrected chi connectivity index (χ1v) is 8.77. The first-order valence-electron chi connectivity index (χ1n) is 7.33. The number of likely N-dealkylation sites (N-methyl/N-ethyl adjacent to an activating group) is 1. The van der Waals surface area contributed by atoms with Crippen LogP contribution in [0.1, 0.15) is 5.56 Å². The van der Waals surface area contributed by atoms with Gasteiger partial charge in [0.1, 0.15) is 12.3 Å². The summed E-state index contributed by atoms with van der Waals surface area (Å²) in [5.74, 6) is -0.0475. The van der Waals surface area contributed by atoms with Gasteiger partial charge in [0.05, 0.1) is 17.7 Å². The fourth-order valence-corrected chi connectivity index (χ4v) is 3.61. The van der Waals surface area contributed by atoms with Crippen molar-refractivity contribution in [2.75, 3.05) is 25.0 Å². The average molecular weight is 348 g/mol. The number of hydrogen-bond donors (Lipinski definition) is 1. The first kappa shape index (κ1) is 17.8. The molecule has 0 saturated carbocycles. The Hall–Kier alpha value is -2.54. The van der Waals surface area contributed by atoms with Crippen molar-refractivity contribution in [3.05, 3.63) is 54.1 Å². The Morgan fingerprint density at radius 3 is 2.33 bits per heavy atom.